The fourth-order valence-electron chi connectivity index (χ4n) is 3.16. The Kier molecular flexibility index (Phi) is 8.10. The van der Waals surface area contributed by atoms with Gasteiger partial charge in [0.25, 0.3) is 0 Å². The third kappa shape index (κ3) is 6.58. The first kappa shape index (κ1) is 20.7. The Morgan fingerprint density at radius 1 is 1.07 bits per heavy atom. The maximum absolute atomic E-state index is 12.3. The molecule has 2 N–H and O–H groups in total. The van der Waals surface area contributed by atoms with E-state index in [4.69, 9.17) is 5.11 Å². The minimum absolute atomic E-state index is 0.0215. The molecule has 1 saturated heterocycles. The summed E-state index contributed by atoms with van der Waals surface area (Å²) in [5.41, 5.74) is 1.15. The molecule has 148 valence electrons. The number of amides is 2. The van der Waals surface area contributed by atoms with Gasteiger partial charge in [0.05, 0.1) is 0 Å². The number of nitrogens with one attached hydrogen (secondary N) is 1. The molecule has 0 spiro atoms. The lowest BCUT2D eigenvalue weighted by atomic mass is 10.1. The van der Waals surface area contributed by atoms with Crippen molar-refractivity contribution in [2.24, 2.45) is 0 Å². The maximum atomic E-state index is 12.3. The van der Waals surface area contributed by atoms with E-state index < -0.39 is 12.0 Å². The summed E-state index contributed by atoms with van der Waals surface area (Å²) in [4.78, 5) is 39.5. The van der Waals surface area contributed by atoms with Gasteiger partial charge in [0, 0.05) is 44.7 Å². The number of unbranched alkanes of at least 4 members (excludes halogenated alkanes) is 1. The van der Waals surface area contributed by atoms with E-state index in [0.29, 0.717) is 19.5 Å². The first-order valence-electron chi connectivity index (χ1n) is 9.61. The summed E-state index contributed by atoms with van der Waals surface area (Å²) in [5, 5.41) is 11.7. The highest BCUT2D eigenvalue weighted by atomic mass is 16.4. The third-order valence-electron chi connectivity index (χ3n) is 4.80. The fourth-order valence-corrected chi connectivity index (χ4v) is 3.16. The van der Waals surface area contributed by atoms with E-state index in [2.05, 4.69) is 22.3 Å². The van der Waals surface area contributed by atoms with E-state index in [1.165, 1.54) is 0 Å². The highest BCUT2D eigenvalue weighted by molar-refractivity contribution is 5.87. The van der Waals surface area contributed by atoms with Crippen molar-refractivity contribution >= 4 is 23.5 Å². The van der Waals surface area contributed by atoms with E-state index >= 15 is 0 Å². The predicted molar refractivity (Wildman–Crippen MR) is 104 cm³/mol. The normalized spacial score (nSPS) is 15.3. The van der Waals surface area contributed by atoms with E-state index in [1.807, 2.05) is 25.1 Å². The molecule has 1 aliphatic heterocycles. The van der Waals surface area contributed by atoms with Gasteiger partial charge < -0.3 is 20.2 Å². The Labute approximate surface area is 160 Å². The summed E-state index contributed by atoms with van der Waals surface area (Å²) in [6.45, 7) is 4.75. The molecule has 1 fully saturated rings. The number of nitrogens with zero attached hydrogens (tertiary/aromatic N) is 2. The van der Waals surface area contributed by atoms with Gasteiger partial charge in [-0.15, -0.1) is 0 Å². The number of carboxylic acid groups (broad SMARTS) is 1. The number of rotatable bonds is 9. The zero-order valence-electron chi connectivity index (χ0n) is 15.9. The number of para-hydroxylation sites is 1. The van der Waals surface area contributed by atoms with Crippen molar-refractivity contribution in [1.29, 1.82) is 0 Å². The number of aliphatic carboxylic acids is 1. The molecule has 0 aromatic heterocycles. The minimum atomic E-state index is -1.03. The van der Waals surface area contributed by atoms with Crippen molar-refractivity contribution in [3.05, 3.63) is 30.3 Å². The number of hydrogen-bond acceptors (Lipinski definition) is 4. The van der Waals surface area contributed by atoms with Crippen LogP contribution in [0.2, 0.25) is 0 Å². The van der Waals surface area contributed by atoms with Crippen molar-refractivity contribution in [2.75, 3.05) is 31.1 Å². The van der Waals surface area contributed by atoms with Crippen molar-refractivity contribution in [1.82, 2.24) is 10.2 Å². The van der Waals surface area contributed by atoms with Gasteiger partial charge in [-0.25, -0.2) is 4.79 Å². The van der Waals surface area contributed by atoms with E-state index in [9.17, 15) is 14.4 Å². The van der Waals surface area contributed by atoms with Crippen LogP contribution < -0.4 is 10.2 Å². The summed E-state index contributed by atoms with van der Waals surface area (Å²) < 4.78 is 0. The summed E-state index contributed by atoms with van der Waals surface area (Å²) in [6.07, 6.45) is 2.15. The number of hydrogen-bond donors (Lipinski definition) is 2. The van der Waals surface area contributed by atoms with Gasteiger partial charge in [-0.3, -0.25) is 9.59 Å². The average molecular weight is 375 g/mol. The molecule has 0 unspecified atom stereocenters. The number of carboxylic acids is 1. The fraction of sp³-hybridized carbons (Fsp3) is 0.550. The topological polar surface area (TPSA) is 90.0 Å². The van der Waals surface area contributed by atoms with E-state index in [0.717, 1.165) is 31.6 Å². The standard InChI is InChI=1S/C20H29N3O4/c1-2-3-9-17(20(26)27)21-18(24)10-11-19(25)23-14-12-22(13-15-23)16-7-5-4-6-8-16/h4-8,17H,2-3,9-15H2,1H3,(H,21,24)(H,26,27)/t17-/m0/s1. The Balaban J connectivity index is 1.72. The summed E-state index contributed by atoms with van der Waals surface area (Å²) in [7, 11) is 0. The molecule has 1 aliphatic rings. The van der Waals surface area contributed by atoms with Gasteiger partial charge in [-0.1, -0.05) is 38.0 Å². The molecule has 0 bridgehead atoms. The Hall–Kier alpha value is -2.57. The number of piperazine rings is 1. The van der Waals surface area contributed by atoms with Gasteiger partial charge in [0.1, 0.15) is 6.04 Å². The second-order valence-electron chi connectivity index (χ2n) is 6.80. The monoisotopic (exact) mass is 375 g/mol. The molecule has 1 atom stereocenters. The largest absolute Gasteiger partial charge is 0.480 e. The van der Waals surface area contributed by atoms with Crippen LogP contribution in [0.25, 0.3) is 0 Å². The zero-order valence-corrected chi connectivity index (χ0v) is 15.9. The van der Waals surface area contributed by atoms with Crippen molar-refractivity contribution in [3.8, 4) is 0 Å². The van der Waals surface area contributed by atoms with Crippen LogP contribution in [0, 0.1) is 0 Å². The Morgan fingerprint density at radius 3 is 2.33 bits per heavy atom. The molecule has 27 heavy (non-hydrogen) atoms. The van der Waals surface area contributed by atoms with E-state index in [1.54, 1.807) is 4.90 Å². The van der Waals surface area contributed by atoms with Crippen molar-refractivity contribution < 1.29 is 19.5 Å². The predicted octanol–water partition coefficient (Wildman–Crippen LogP) is 1.87. The molecular weight excluding hydrogens is 346 g/mol. The van der Waals surface area contributed by atoms with Gasteiger partial charge in [-0.2, -0.15) is 0 Å². The van der Waals surface area contributed by atoms with Crippen LogP contribution >= 0.6 is 0 Å². The van der Waals surface area contributed by atoms with Crippen LogP contribution in [0.3, 0.4) is 0 Å². The number of carbonyl (C=O) groups excluding carboxylic acids is 2. The zero-order chi connectivity index (χ0) is 19.6. The van der Waals surface area contributed by atoms with Crippen LogP contribution in [0.1, 0.15) is 39.0 Å². The molecule has 2 amide bonds. The summed E-state index contributed by atoms with van der Waals surface area (Å²) in [6, 6.07) is 9.21. The maximum Gasteiger partial charge on any atom is 0.326 e. The SMILES string of the molecule is CCCC[C@H](NC(=O)CCC(=O)N1CCN(c2ccccc2)CC1)C(=O)O. The second kappa shape index (κ2) is 10.5. The van der Waals surface area contributed by atoms with E-state index in [-0.39, 0.29) is 24.7 Å². The van der Waals surface area contributed by atoms with Crippen LogP contribution in [0.15, 0.2) is 30.3 Å². The van der Waals surface area contributed by atoms with Crippen LogP contribution in [0.5, 0.6) is 0 Å². The molecule has 7 nitrogen and oxygen atoms in total. The molecule has 0 saturated carbocycles. The first-order chi connectivity index (χ1) is 13.0. The molecule has 0 radical (unpaired) electrons. The first-order valence-corrected chi connectivity index (χ1v) is 9.61. The van der Waals surface area contributed by atoms with Gasteiger partial charge in [0.15, 0.2) is 0 Å². The van der Waals surface area contributed by atoms with Crippen LogP contribution in [0.4, 0.5) is 5.69 Å². The Morgan fingerprint density at radius 2 is 1.74 bits per heavy atom. The summed E-state index contributed by atoms with van der Waals surface area (Å²) in [5.74, 6) is -1.46. The molecule has 1 aromatic rings. The lowest BCUT2D eigenvalue weighted by Gasteiger charge is -2.36. The highest BCUT2D eigenvalue weighted by Crippen LogP contribution is 2.16. The van der Waals surface area contributed by atoms with Gasteiger partial charge in [0.2, 0.25) is 11.8 Å². The molecule has 1 heterocycles. The minimum Gasteiger partial charge on any atom is -0.480 e. The molecule has 2 rings (SSSR count). The second-order valence-corrected chi connectivity index (χ2v) is 6.80. The molecule has 0 aliphatic carbocycles. The smallest absolute Gasteiger partial charge is 0.326 e. The summed E-state index contributed by atoms with van der Waals surface area (Å²) >= 11 is 0. The third-order valence-corrected chi connectivity index (χ3v) is 4.80. The molecule has 1 aromatic carbocycles. The number of benzene rings is 1. The average Bonchev–Trinajstić information content (AvgIpc) is 2.69. The van der Waals surface area contributed by atoms with Crippen LogP contribution in [-0.2, 0) is 14.4 Å². The lowest BCUT2D eigenvalue weighted by Crippen LogP contribution is -2.49. The quantitative estimate of drug-likeness (QED) is 0.688. The molecular formula is C20H29N3O4. The number of carbonyl (C=O) groups is 3. The lowest BCUT2D eigenvalue weighted by molar-refractivity contribution is -0.142. The number of anilines is 1. The van der Waals surface area contributed by atoms with Crippen molar-refractivity contribution in [3.63, 3.8) is 0 Å². The highest BCUT2D eigenvalue weighted by Gasteiger charge is 2.23. The van der Waals surface area contributed by atoms with Crippen LogP contribution in [-0.4, -0.2) is 60.0 Å². The van der Waals surface area contributed by atoms with Crippen molar-refractivity contribution in [2.45, 2.75) is 45.1 Å². The molecule has 7 heteroatoms. The van der Waals surface area contributed by atoms with Gasteiger partial charge >= 0.3 is 5.97 Å². The Bertz CT molecular complexity index is 627. The van der Waals surface area contributed by atoms with Gasteiger partial charge in [-0.05, 0) is 18.6 Å².